The zero-order valence-electron chi connectivity index (χ0n) is 10.9. The fraction of sp³-hybridized carbons (Fsp3) is 0.267. The van der Waals surface area contributed by atoms with Crippen molar-refractivity contribution in [1.29, 1.82) is 0 Å². The van der Waals surface area contributed by atoms with Gasteiger partial charge in [0.05, 0.1) is 10.9 Å². The zero-order chi connectivity index (χ0) is 13.8. The van der Waals surface area contributed by atoms with E-state index in [9.17, 15) is 4.79 Å². The SMILES string of the molecule is CCc1ccsc1C(=O)NC(C)c1ccc(Br)cc1. The summed E-state index contributed by atoms with van der Waals surface area (Å²) in [6.45, 7) is 4.07. The average Bonchev–Trinajstić information content (AvgIpc) is 2.87. The first-order chi connectivity index (χ1) is 9.11. The number of hydrogen-bond donors (Lipinski definition) is 1. The van der Waals surface area contributed by atoms with Gasteiger partial charge in [-0.1, -0.05) is 35.0 Å². The Labute approximate surface area is 126 Å². The smallest absolute Gasteiger partial charge is 0.262 e. The maximum atomic E-state index is 12.2. The standard InChI is InChI=1S/C15H16BrNOS/c1-3-11-8-9-19-14(11)15(18)17-10(2)12-4-6-13(16)7-5-12/h4-10H,3H2,1-2H3,(H,17,18). The van der Waals surface area contributed by atoms with Gasteiger partial charge in [-0.05, 0) is 48.1 Å². The third kappa shape index (κ3) is 3.45. The molecule has 0 radical (unpaired) electrons. The maximum Gasteiger partial charge on any atom is 0.262 e. The average molecular weight is 338 g/mol. The van der Waals surface area contributed by atoms with Crippen LogP contribution in [0.25, 0.3) is 0 Å². The van der Waals surface area contributed by atoms with Crippen molar-refractivity contribution in [2.75, 3.05) is 0 Å². The van der Waals surface area contributed by atoms with E-state index in [0.717, 1.165) is 26.9 Å². The van der Waals surface area contributed by atoms with Crippen molar-refractivity contribution in [1.82, 2.24) is 5.32 Å². The molecule has 0 spiro atoms. The number of benzene rings is 1. The van der Waals surface area contributed by atoms with Crippen molar-refractivity contribution in [2.45, 2.75) is 26.3 Å². The Kier molecular flexibility index (Phi) is 4.77. The van der Waals surface area contributed by atoms with Crippen LogP contribution in [0.5, 0.6) is 0 Å². The minimum Gasteiger partial charge on any atom is -0.345 e. The first-order valence-electron chi connectivity index (χ1n) is 6.24. The van der Waals surface area contributed by atoms with Crippen molar-refractivity contribution in [3.63, 3.8) is 0 Å². The van der Waals surface area contributed by atoms with Crippen LogP contribution in [0.2, 0.25) is 0 Å². The third-order valence-electron chi connectivity index (χ3n) is 3.05. The number of nitrogens with one attached hydrogen (secondary N) is 1. The summed E-state index contributed by atoms with van der Waals surface area (Å²) in [5, 5.41) is 5.02. The van der Waals surface area contributed by atoms with Gasteiger partial charge in [0.15, 0.2) is 0 Å². The molecule has 2 rings (SSSR count). The summed E-state index contributed by atoms with van der Waals surface area (Å²) in [5.41, 5.74) is 2.22. The largest absolute Gasteiger partial charge is 0.345 e. The Hall–Kier alpha value is -1.13. The molecule has 1 amide bonds. The summed E-state index contributed by atoms with van der Waals surface area (Å²) in [6.07, 6.45) is 0.888. The van der Waals surface area contributed by atoms with Crippen LogP contribution >= 0.6 is 27.3 Å². The lowest BCUT2D eigenvalue weighted by atomic mass is 10.1. The molecule has 1 atom stereocenters. The molecular formula is C15H16BrNOS. The Balaban J connectivity index is 2.08. The van der Waals surface area contributed by atoms with Crippen LogP contribution in [0.4, 0.5) is 0 Å². The quantitative estimate of drug-likeness (QED) is 0.870. The second-order valence-corrected chi connectivity index (χ2v) is 6.21. The summed E-state index contributed by atoms with van der Waals surface area (Å²) in [5.74, 6) is 0.0160. The van der Waals surface area contributed by atoms with Gasteiger partial charge in [-0.2, -0.15) is 0 Å². The lowest BCUT2D eigenvalue weighted by molar-refractivity contribution is 0.0943. The molecule has 4 heteroatoms. The van der Waals surface area contributed by atoms with E-state index in [1.54, 1.807) is 0 Å². The molecule has 19 heavy (non-hydrogen) atoms. The first-order valence-corrected chi connectivity index (χ1v) is 7.91. The fourth-order valence-electron chi connectivity index (χ4n) is 1.91. The monoisotopic (exact) mass is 337 g/mol. The van der Waals surface area contributed by atoms with Gasteiger partial charge < -0.3 is 5.32 Å². The molecule has 100 valence electrons. The highest BCUT2D eigenvalue weighted by atomic mass is 79.9. The maximum absolute atomic E-state index is 12.2. The second kappa shape index (κ2) is 6.35. The molecule has 1 N–H and O–H groups in total. The van der Waals surface area contributed by atoms with Crippen LogP contribution in [-0.2, 0) is 6.42 Å². The van der Waals surface area contributed by atoms with E-state index < -0.39 is 0 Å². The van der Waals surface area contributed by atoms with Crippen LogP contribution in [0, 0.1) is 0 Å². The number of halogens is 1. The lowest BCUT2D eigenvalue weighted by Gasteiger charge is -2.14. The molecule has 0 aliphatic heterocycles. The number of aryl methyl sites for hydroxylation is 1. The summed E-state index contributed by atoms with van der Waals surface area (Å²) < 4.78 is 1.04. The van der Waals surface area contributed by atoms with Crippen molar-refractivity contribution >= 4 is 33.2 Å². The van der Waals surface area contributed by atoms with Crippen LogP contribution in [-0.4, -0.2) is 5.91 Å². The number of amides is 1. The molecule has 0 aliphatic carbocycles. The molecule has 2 nitrogen and oxygen atoms in total. The summed E-state index contributed by atoms with van der Waals surface area (Å²) in [7, 11) is 0. The van der Waals surface area contributed by atoms with Gasteiger partial charge in [-0.15, -0.1) is 11.3 Å². The number of hydrogen-bond acceptors (Lipinski definition) is 2. The highest BCUT2D eigenvalue weighted by Gasteiger charge is 2.15. The Morgan fingerprint density at radius 2 is 2.00 bits per heavy atom. The van der Waals surface area contributed by atoms with Gasteiger partial charge in [-0.25, -0.2) is 0 Å². The van der Waals surface area contributed by atoms with Crippen molar-refractivity contribution in [3.05, 3.63) is 56.2 Å². The summed E-state index contributed by atoms with van der Waals surface area (Å²) >= 11 is 4.91. The third-order valence-corrected chi connectivity index (χ3v) is 4.54. The van der Waals surface area contributed by atoms with Gasteiger partial charge in [0.2, 0.25) is 0 Å². The molecular weight excluding hydrogens is 322 g/mol. The predicted molar refractivity (Wildman–Crippen MR) is 83.7 cm³/mol. The molecule has 0 saturated heterocycles. The Morgan fingerprint density at radius 3 is 2.63 bits per heavy atom. The van der Waals surface area contributed by atoms with Crippen LogP contribution in [0.15, 0.2) is 40.2 Å². The lowest BCUT2D eigenvalue weighted by Crippen LogP contribution is -2.26. The number of carbonyl (C=O) groups is 1. The van der Waals surface area contributed by atoms with E-state index in [4.69, 9.17) is 0 Å². The van der Waals surface area contributed by atoms with E-state index >= 15 is 0 Å². The van der Waals surface area contributed by atoms with Crippen LogP contribution in [0.3, 0.4) is 0 Å². The molecule has 0 saturated carbocycles. The molecule has 0 fully saturated rings. The Morgan fingerprint density at radius 1 is 1.32 bits per heavy atom. The van der Waals surface area contributed by atoms with E-state index in [0.29, 0.717) is 0 Å². The topological polar surface area (TPSA) is 29.1 Å². The number of thiophene rings is 1. The molecule has 1 heterocycles. The predicted octanol–water partition coefficient (Wildman–Crippen LogP) is 4.56. The van der Waals surface area contributed by atoms with Crippen LogP contribution in [0.1, 0.15) is 40.7 Å². The highest BCUT2D eigenvalue weighted by Crippen LogP contribution is 2.20. The van der Waals surface area contributed by atoms with E-state index in [1.165, 1.54) is 11.3 Å². The molecule has 2 aromatic rings. The first kappa shape index (κ1) is 14.3. The molecule has 0 aliphatic rings. The number of rotatable bonds is 4. The molecule has 0 bridgehead atoms. The van der Waals surface area contributed by atoms with Gasteiger partial charge in [-0.3, -0.25) is 4.79 Å². The summed E-state index contributed by atoms with van der Waals surface area (Å²) in [4.78, 5) is 13.1. The van der Waals surface area contributed by atoms with E-state index in [2.05, 4.69) is 28.2 Å². The van der Waals surface area contributed by atoms with Crippen LogP contribution < -0.4 is 5.32 Å². The van der Waals surface area contributed by atoms with Gasteiger partial charge >= 0.3 is 0 Å². The highest BCUT2D eigenvalue weighted by molar-refractivity contribution is 9.10. The minimum atomic E-state index is 0.00686. The fourth-order valence-corrected chi connectivity index (χ4v) is 3.07. The van der Waals surface area contributed by atoms with E-state index in [-0.39, 0.29) is 11.9 Å². The molecule has 1 aromatic carbocycles. The van der Waals surface area contributed by atoms with Crippen molar-refractivity contribution in [2.24, 2.45) is 0 Å². The van der Waals surface area contributed by atoms with Crippen molar-refractivity contribution < 1.29 is 4.79 Å². The normalized spacial score (nSPS) is 12.2. The van der Waals surface area contributed by atoms with Crippen molar-refractivity contribution in [3.8, 4) is 0 Å². The summed E-state index contributed by atoms with van der Waals surface area (Å²) in [6, 6.07) is 10.0. The van der Waals surface area contributed by atoms with Gasteiger partial charge in [0.1, 0.15) is 0 Å². The second-order valence-electron chi connectivity index (χ2n) is 4.38. The van der Waals surface area contributed by atoms with Gasteiger partial charge in [0.25, 0.3) is 5.91 Å². The number of carbonyl (C=O) groups excluding carboxylic acids is 1. The minimum absolute atomic E-state index is 0.00686. The zero-order valence-corrected chi connectivity index (χ0v) is 13.3. The molecule has 1 aromatic heterocycles. The Bertz CT molecular complexity index is 562. The van der Waals surface area contributed by atoms with E-state index in [1.807, 2.05) is 42.6 Å². The molecule has 1 unspecified atom stereocenters. The van der Waals surface area contributed by atoms with Gasteiger partial charge in [0, 0.05) is 4.47 Å².